The lowest BCUT2D eigenvalue weighted by Crippen LogP contribution is -2.36. The molecular weight excluding hydrogens is 349 g/mol. The van der Waals surface area contributed by atoms with Crippen molar-refractivity contribution in [2.24, 2.45) is 5.41 Å². The van der Waals surface area contributed by atoms with Crippen molar-refractivity contribution in [1.82, 2.24) is 4.90 Å². The van der Waals surface area contributed by atoms with Gasteiger partial charge in [0.15, 0.2) is 0 Å². The maximum atomic E-state index is 13.0. The summed E-state index contributed by atoms with van der Waals surface area (Å²) in [5.74, 6) is -0.221. The van der Waals surface area contributed by atoms with E-state index in [2.05, 4.69) is 25.7 Å². The van der Waals surface area contributed by atoms with Gasteiger partial charge in [-0.05, 0) is 60.3 Å². The second-order valence-electron chi connectivity index (χ2n) is 7.77. The van der Waals surface area contributed by atoms with Gasteiger partial charge in [0.2, 0.25) is 0 Å². The summed E-state index contributed by atoms with van der Waals surface area (Å²) < 4.78 is 13.0. The summed E-state index contributed by atoms with van der Waals surface area (Å²) in [7, 11) is 0. The van der Waals surface area contributed by atoms with E-state index in [0.717, 1.165) is 37.1 Å². The van der Waals surface area contributed by atoms with Gasteiger partial charge in [-0.25, -0.2) is 9.18 Å². The first-order valence-corrected chi connectivity index (χ1v) is 10.0. The molecule has 1 aliphatic heterocycles. The number of aliphatic carboxylic acids is 1. The van der Waals surface area contributed by atoms with Crippen molar-refractivity contribution in [3.63, 3.8) is 0 Å². The Bertz CT molecular complexity index is 662. The molecule has 1 aliphatic rings. The van der Waals surface area contributed by atoms with Crippen LogP contribution < -0.4 is 0 Å². The number of benzene rings is 1. The molecule has 3 nitrogen and oxygen atoms in total. The normalized spacial score (nSPS) is 17.3. The Labute approximate surface area is 160 Å². The van der Waals surface area contributed by atoms with Crippen LogP contribution in [0.2, 0.25) is 0 Å². The molecule has 0 saturated carbocycles. The smallest absolute Gasteiger partial charge is 0.334 e. The highest BCUT2D eigenvalue weighted by Crippen LogP contribution is 2.30. The Kier molecular flexibility index (Phi) is 7.33. The first-order chi connectivity index (χ1) is 12.3. The molecule has 0 bridgehead atoms. The van der Waals surface area contributed by atoms with E-state index in [0.29, 0.717) is 5.57 Å². The molecule has 26 heavy (non-hydrogen) atoms. The van der Waals surface area contributed by atoms with Crippen LogP contribution in [0.4, 0.5) is 4.39 Å². The maximum Gasteiger partial charge on any atom is 0.334 e. The molecule has 142 valence electrons. The topological polar surface area (TPSA) is 40.5 Å². The molecule has 0 fully saturated rings. The molecule has 0 radical (unpaired) electrons. The Morgan fingerprint density at radius 3 is 2.58 bits per heavy atom. The Balaban J connectivity index is 1.92. The maximum absolute atomic E-state index is 13.0. The quantitative estimate of drug-likeness (QED) is 0.640. The number of carboxylic acid groups (broad SMARTS) is 1. The number of allylic oxidation sites excluding steroid dienone is 2. The van der Waals surface area contributed by atoms with Crippen LogP contribution in [0, 0.1) is 11.2 Å². The van der Waals surface area contributed by atoms with Crippen LogP contribution in [-0.4, -0.2) is 33.6 Å². The molecule has 1 unspecified atom stereocenters. The standard InChI is InChI=1S/C21H28FNO2S/c1-21(2,3)12-14-23-13-4-7-18(20(24)25)19(23)26-15-5-6-16-8-10-17(22)11-9-16/h4,7-11,13,19H,5-6,12,14-15H2,1-3H3,(H,24,25). The van der Waals surface area contributed by atoms with Gasteiger partial charge in [-0.2, -0.15) is 0 Å². The van der Waals surface area contributed by atoms with Gasteiger partial charge in [-0.1, -0.05) is 32.9 Å². The summed E-state index contributed by atoms with van der Waals surface area (Å²) in [6.07, 6.45) is 8.31. The van der Waals surface area contributed by atoms with E-state index >= 15 is 0 Å². The molecule has 0 aromatic heterocycles. The number of halogens is 1. The molecule has 1 aromatic carbocycles. The van der Waals surface area contributed by atoms with Crippen molar-refractivity contribution in [3.8, 4) is 0 Å². The fourth-order valence-corrected chi connectivity index (χ4v) is 4.00. The zero-order chi connectivity index (χ0) is 19.2. The molecule has 2 rings (SSSR count). The van der Waals surface area contributed by atoms with E-state index in [9.17, 15) is 14.3 Å². The summed E-state index contributed by atoms with van der Waals surface area (Å²) in [6.45, 7) is 7.42. The highest BCUT2D eigenvalue weighted by Gasteiger charge is 2.28. The molecule has 0 spiro atoms. The monoisotopic (exact) mass is 377 g/mol. The van der Waals surface area contributed by atoms with Gasteiger partial charge in [0.05, 0.1) is 5.57 Å². The minimum absolute atomic E-state index is 0.159. The molecule has 1 heterocycles. The Hall–Kier alpha value is -1.75. The third-order valence-electron chi connectivity index (χ3n) is 4.29. The minimum Gasteiger partial charge on any atom is -0.478 e. The molecule has 5 heteroatoms. The van der Waals surface area contributed by atoms with Gasteiger partial charge in [0.1, 0.15) is 11.2 Å². The lowest BCUT2D eigenvalue weighted by molar-refractivity contribution is -0.133. The second kappa shape index (κ2) is 9.26. The van der Waals surface area contributed by atoms with Gasteiger partial charge in [0.25, 0.3) is 0 Å². The van der Waals surface area contributed by atoms with E-state index in [1.807, 2.05) is 24.4 Å². The fourth-order valence-electron chi connectivity index (χ4n) is 2.74. The van der Waals surface area contributed by atoms with Gasteiger partial charge >= 0.3 is 5.97 Å². The van der Waals surface area contributed by atoms with Crippen molar-refractivity contribution >= 4 is 17.7 Å². The van der Waals surface area contributed by atoms with Crippen LogP contribution in [0.1, 0.15) is 39.2 Å². The zero-order valence-electron chi connectivity index (χ0n) is 15.7. The molecule has 1 N–H and O–H groups in total. The number of carbonyl (C=O) groups is 1. The Morgan fingerprint density at radius 2 is 1.96 bits per heavy atom. The van der Waals surface area contributed by atoms with Gasteiger partial charge in [-0.3, -0.25) is 0 Å². The van der Waals surface area contributed by atoms with Crippen LogP contribution in [-0.2, 0) is 11.2 Å². The summed E-state index contributed by atoms with van der Waals surface area (Å²) in [6, 6.07) is 6.57. The van der Waals surface area contributed by atoms with Gasteiger partial charge in [-0.15, -0.1) is 11.8 Å². The molecule has 0 aliphatic carbocycles. The summed E-state index contributed by atoms with van der Waals surface area (Å²) in [4.78, 5) is 13.8. The number of nitrogens with zero attached hydrogens (tertiary/aromatic N) is 1. The van der Waals surface area contributed by atoms with Gasteiger partial charge < -0.3 is 10.0 Å². The predicted molar refractivity (Wildman–Crippen MR) is 107 cm³/mol. The highest BCUT2D eigenvalue weighted by atomic mass is 32.2. The third kappa shape index (κ3) is 6.52. The number of thioether (sulfide) groups is 1. The van der Waals surface area contributed by atoms with Crippen molar-refractivity contribution < 1.29 is 14.3 Å². The van der Waals surface area contributed by atoms with Crippen LogP contribution >= 0.6 is 11.8 Å². The van der Waals surface area contributed by atoms with Crippen LogP contribution in [0.3, 0.4) is 0 Å². The van der Waals surface area contributed by atoms with Crippen molar-refractivity contribution in [1.29, 1.82) is 0 Å². The van der Waals surface area contributed by atoms with E-state index in [1.165, 1.54) is 12.1 Å². The third-order valence-corrected chi connectivity index (χ3v) is 5.65. The van der Waals surface area contributed by atoms with Crippen molar-refractivity contribution in [2.75, 3.05) is 12.3 Å². The molecule has 0 saturated heterocycles. The summed E-state index contributed by atoms with van der Waals surface area (Å²) in [5.41, 5.74) is 1.75. The molecule has 0 amide bonds. The fraction of sp³-hybridized carbons (Fsp3) is 0.476. The highest BCUT2D eigenvalue weighted by molar-refractivity contribution is 8.00. The lowest BCUT2D eigenvalue weighted by Gasteiger charge is -2.34. The SMILES string of the molecule is CC(C)(C)CCN1C=CC=C(C(=O)O)C1SCCCc1ccc(F)cc1. The average Bonchev–Trinajstić information content (AvgIpc) is 2.58. The van der Waals surface area contributed by atoms with Gasteiger partial charge in [0, 0.05) is 12.7 Å². The molecule has 1 aromatic rings. The number of rotatable bonds is 8. The number of aryl methyl sites for hydroxylation is 1. The van der Waals surface area contributed by atoms with Crippen molar-refractivity contribution in [3.05, 3.63) is 59.6 Å². The Morgan fingerprint density at radius 1 is 1.27 bits per heavy atom. The predicted octanol–water partition coefficient (Wildman–Crippen LogP) is 5.09. The summed E-state index contributed by atoms with van der Waals surface area (Å²) >= 11 is 1.67. The van der Waals surface area contributed by atoms with E-state index in [1.54, 1.807) is 17.8 Å². The first-order valence-electron chi connectivity index (χ1n) is 9.00. The number of carboxylic acids is 1. The lowest BCUT2D eigenvalue weighted by atomic mass is 9.92. The molecule has 1 atom stereocenters. The zero-order valence-corrected chi connectivity index (χ0v) is 16.6. The van der Waals surface area contributed by atoms with E-state index in [-0.39, 0.29) is 16.6 Å². The van der Waals surface area contributed by atoms with E-state index in [4.69, 9.17) is 0 Å². The molecular formula is C21H28FNO2S. The van der Waals surface area contributed by atoms with Crippen LogP contribution in [0.5, 0.6) is 0 Å². The van der Waals surface area contributed by atoms with E-state index < -0.39 is 5.97 Å². The number of hydrogen-bond acceptors (Lipinski definition) is 3. The van der Waals surface area contributed by atoms with Crippen molar-refractivity contribution in [2.45, 2.75) is 45.4 Å². The minimum atomic E-state index is -0.855. The largest absolute Gasteiger partial charge is 0.478 e. The first kappa shape index (κ1) is 20.6. The second-order valence-corrected chi connectivity index (χ2v) is 8.96. The van der Waals surface area contributed by atoms with Crippen LogP contribution in [0.25, 0.3) is 0 Å². The van der Waals surface area contributed by atoms with Crippen LogP contribution in [0.15, 0.2) is 48.2 Å². The summed E-state index contributed by atoms with van der Waals surface area (Å²) in [5, 5.41) is 9.38. The average molecular weight is 378 g/mol. The number of hydrogen-bond donors (Lipinski definition) is 1.